The summed E-state index contributed by atoms with van der Waals surface area (Å²) in [5.41, 5.74) is 6.48. The third-order valence-electron chi connectivity index (χ3n) is 5.16. The summed E-state index contributed by atoms with van der Waals surface area (Å²) in [6.07, 6.45) is 8.71. The van der Waals surface area contributed by atoms with E-state index in [4.69, 9.17) is 0 Å². The van der Waals surface area contributed by atoms with Crippen LogP contribution >= 0.6 is 0 Å². The SMILES string of the molecule is CC1=C[CH]([Hf+2]([C]2=CC=C(C(C)(C)C)C2)=[C](C)C)c2ccccc21.[Cl-].[Cl-]. The Morgan fingerprint density at radius 2 is 1.68 bits per heavy atom. The minimum Gasteiger partial charge on any atom is -1.00 e. The number of hydrogen-bond acceptors (Lipinski definition) is 0. The zero-order valence-electron chi connectivity index (χ0n) is 16.1. The fourth-order valence-corrected chi connectivity index (χ4v) is 15.7. The maximum absolute atomic E-state index is 2.58. The first-order chi connectivity index (χ1) is 10.8. The quantitative estimate of drug-likeness (QED) is 0.471. The molecule has 1 aromatic carbocycles. The molecule has 0 bridgehead atoms. The van der Waals surface area contributed by atoms with Gasteiger partial charge < -0.3 is 24.8 Å². The molecule has 1 unspecified atom stereocenters. The molecular weight excluding hydrogens is 514 g/mol. The Morgan fingerprint density at radius 1 is 1.04 bits per heavy atom. The topological polar surface area (TPSA) is 0 Å². The summed E-state index contributed by atoms with van der Waals surface area (Å²) in [5, 5.41) is 0. The number of rotatable bonds is 2. The molecule has 0 fully saturated rings. The summed E-state index contributed by atoms with van der Waals surface area (Å²) >= 11 is -2.04. The van der Waals surface area contributed by atoms with Crippen LogP contribution in [0.5, 0.6) is 0 Å². The smallest absolute Gasteiger partial charge is 1.00 e. The van der Waals surface area contributed by atoms with Crippen molar-refractivity contribution in [2.45, 2.75) is 51.6 Å². The normalized spacial score (nSPS) is 18.0. The van der Waals surface area contributed by atoms with Gasteiger partial charge in [-0.05, 0) is 0 Å². The van der Waals surface area contributed by atoms with Gasteiger partial charge in [-0.1, -0.05) is 0 Å². The second-order valence-corrected chi connectivity index (χ2v) is 19.2. The Labute approximate surface area is 173 Å². The molecule has 0 aromatic heterocycles. The van der Waals surface area contributed by atoms with Crippen molar-refractivity contribution in [2.75, 3.05) is 0 Å². The molecule has 3 rings (SSSR count). The Bertz CT molecular complexity index is 769. The summed E-state index contributed by atoms with van der Waals surface area (Å²) < 4.78 is 4.24. The molecule has 1 atom stereocenters. The second-order valence-electron chi connectivity index (χ2n) is 8.14. The molecule has 2 aliphatic rings. The zero-order chi connectivity index (χ0) is 16.8. The Morgan fingerprint density at radius 3 is 2.24 bits per heavy atom. The van der Waals surface area contributed by atoms with E-state index in [1.807, 2.05) is 0 Å². The van der Waals surface area contributed by atoms with Crippen LogP contribution in [0.1, 0.15) is 62.8 Å². The van der Waals surface area contributed by atoms with E-state index in [-0.39, 0.29) is 24.8 Å². The van der Waals surface area contributed by atoms with Gasteiger partial charge >= 0.3 is 149 Å². The predicted molar refractivity (Wildman–Crippen MR) is 99.4 cm³/mol. The predicted octanol–water partition coefficient (Wildman–Crippen LogP) is 0.243. The van der Waals surface area contributed by atoms with Gasteiger partial charge in [-0.15, -0.1) is 0 Å². The van der Waals surface area contributed by atoms with Crippen molar-refractivity contribution in [1.29, 1.82) is 0 Å². The molecule has 0 amide bonds. The van der Waals surface area contributed by atoms with Crippen LogP contribution < -0.4 is 24.8 Å². The third-order valence-corrected chi connectivity index (χ3v) is 16.7. The van der Waals surface area contributed by atoms with Crippen LogP contribution in [0.15, 0.2) is 51.4 Å². The molecule has 0 heterocycles. The number of halogens is 2. The van der Waals surface area contributed by atoms with E-state index in [9.17, 15) is 0 Å². The van der Waals surface area contributed by atoms with Crippen LogP contribution in [0, 0.1) is 5.41 Å². The van der Waals surface area contributed by atoms with Gasteiger partial charge in [0.1, 0.15) is 0 Å². The second kappa shape index (κ2) is 8.63. The molecule has 134 valence electrons. The number of allylic oxidation sites excluding steroid dienone is 6. The molecule has 0 N–H and O–H groups in total. The molecule has 0 radical (unpaired) electrons. The maximum atomic E-state index is 2.58. The van der Waals surface area contributed by atoms with E-state index < -0.39 is 21.0 Å². The average molecular weight is 542 g/mol. The van der Waals surface area contributed by atoms with Gasteiger partial charge in [0.2, 0.25) is 0 Å². The van der Waals surface area contributed by atoms with Crippen LogP contribution in [0.4, 0.5) is 0 Å². The van der Waals surface area contributed by atoms with E-state index in [1.54, 1.807) is 17.7 Å². The van der Waals surface area contributed by atoms with E-state index >= 15 is 0 Å². The van der Waals surface area contributed by atoms with Crippen molar-refractivity contribution in [3.05, 3.63) is 62.5 Å². The first-order valence-corrected chi connectivity index (χ1v) is 14.3. The molecule has 0 saturated carbocycles. The number of fused-ring (bicyclic) bond motifs is 1. The summed E-state index contributed by atoms with van der Waals surface area (Å²) in [6, 6.07) is 9.07. The molecule has 25 heavy (non-hydrogen) atoms. The van der Waals surface area contributed by atoms with Gasteiger partial charge in [-0.2, -0.15) is 0 Å². The summed E-state index contributed by atoms with van der Waals surface area (Å²) in [7, 11) is 0. The summed E-state index contributed by atoms with van der Waals surface area (Å²) in [5.74, 6) is 0. The van der Waals surface area contributed by atoms with Crippen molar-refractivity contribution < 1.29 is 45.8 Å². The first-order valence-electron chi connectivity index (χ1n) is 8.64. The molecule has 3 heteroatoms. The Kier molecular flexibility index (Phi) is 7.87. The van der Waals surface area contributed by atoms with Crippen LogP contribution in [0.3, 0.4) is 0 Å². The molecule has 1 aromatic rings. The third kappa shape index (κ3) is 4.54. The van der Waals surface area contributed by atoms with Gasteiger partial charge in [-0.3, -0.25) is 0 Å². The van der Waals surface area contributed by atoms with Gasteiger partial charge in [0.25, 0.3) is 0 Å². The van der Waals surface area contributed by atoms with E-state index in [0.717, 1.165) is 0 Å². The molecule has 0 spiro atoms. The average Bonchev–Trinajstić information content (AvgIpc) is 3.06. The van der Waals surface area contributed by atoms with Gasteiger partial charge in [0, 0.05) is 0 Å². The number of hydrogen-bond donors (Lipinski definition) is 0. The Balaban J connectivity index is 0.00000156. The van der Waals surface area contributed by atoms with Crippen LogP contribution in [-0.4, -0.2) is 3.26 Å². The maximum Gasteiger partial charge on any atom is -1.00 e. The molecule has 0 saturated heterocycles. The van der Waals surface area contributed by atoms with Crippen molar-refractivity contribution in [3.8, 4) is 0 Å². The molecule has 0 aliphatic heterocycles. The van der Waals surface area contributed by atoms with Crippen molar-refractivity contribution in [1.82, 2.24) is 0 Å². The van der Waals surface area contributed by atoms with E-state index in [1.165, 1.54) is 17.6 Å². The minimum absolute atomic E-state index is 0. The summed E-state index contributed by atoms with van der Waals surface area (Å²) in [6.45, 7) is 14.1. The van der Waals surface area contributed by atoms with Gasteiger partial charge in [0.15, 0.2) is 0 Å². The summed E-state index contributed by atoms with van der Waals surface area (Å²) in [4.78, 5) is 0. The monoisotopic (exact) mass is 542 g/mol. The fraction of sp³-hybridized carbons (Fsp3) is 0.409. The zero-order valence-corrected chi connectivity index (χ0v) is 21.2. The first kappa shape index (κ1) is 22.8. The van der Waals surface area contributed by atoms with Crippen LogP contribution in [-0.2, 0) is 21.0 Å². The standard InChI is InChI=1S/C10H9.C9H13.C3H6.2ClH.Hf/c1-8-6-7-9-4-2-3-5-10(8)9;1-9(2,3)8-6-4-5-7-8;1-3-2;;;/h2-7H,1H3;4,6H,7H2,1-3H3;1-2H3;2*1H;/q;;;;;+2/p-2. The molecule has 0 nitrogen and oxygen atoms in total. The van der Waals surface area contributed by atoms with Crippen LogP contribution in [0.25, 0.3) is 5.57 Å². The van der Waals surface area contributed by atoms with Gasteiger partial charge in [-0.25, -0.2) is 0 Å². The largest absolute Gasteiger partial charge is 1.00 e. The van der Waals surface area contributed by atoms with Crippen molar-refractivity contribution in [3.63, 3.8) is 0 Å². The van der Waals surface area contributed by atoms with Crippen LogP contribution in [0.2, 0.25) is 0 Å². The molecular formula is C22H28Cl2Hf. The van der Waals surface area contributed by atoms with Gasteiger partial charge in [0.05, 0.1) is 0 Å². The molecule has 2 aliphatic carbocycles. The number of benzene rings is 1. The van der Waals surface area contributed by atoms with Crippen molar-refractivity contribution >= 4 is 8.83 Å². The Hall–Kier alpha value is -0.240. The van der Waals surface area contributed by atoms with E-state index in [0.29, 0.717) is 9.09 Å². The minimum atomic E-state index is -2.04. The van der Waals surface area contributed by atoms with Crippen molar-refractivity contribution in [2.24, 2.45) is 5.41 Å². The fourth-order valence-electron chi connectivity index (χ4n) is 3.85. The van der Waals surface area contributed by atoms with E-state index in [2.05, 4.69) is 84.0 Å².